The molecule has 0 spiro atoms. The summed E-state index contributed by atoms with van der Waals surface area (Å²) in [4.78, 5) is 0. The van der Waals surface area contributed by atoms with Gasteiger partial charge in [-0.25, -0.2) is 0 Å². The molecule has 0 amide bonds. The molecule has 1 N–H and O–H groups in total. The van der Waals surface area contributed by atoms with Gasteiger partial charge in [-0.1, -0.05) is 18.2 Å². The van der Waals surface area contributed by atoms with Crippen molar-refractivity contribution in [3.8, 4) is 11.5 Å². The van der Waals surface area contributed by atoms with Crippen LogP contribution in [-0.2, 0) is 6.54 Å². The molecule has 0 aliphatic heterocycles. The molecule has 3 nitrogen and oxygen atoms in total. The molecular formula is C14H21NO2. The zero-order chi connectivity index (χ0) is 12.5. The second kappa shape index (κ2) is 7.74. The van der Waals surface area contributed by atoms with Crippen molar-refractivity contribution in [3.63, 3.8) is 0 Å². The number of rotatable bonds is 8. The maximum absolute atomic E-state index is 5.78. The van der Waals surface area contributed by atoms with Crippen molar-refractivity contribution < 1.29 is 9.47 Å². The van der Waals surface area contributed by atoms with Gasteiger partial charge >= 0.3 is 0 Å². The summed E-state index contributed by atoms with van der Waals surface area (Å²) in [6, 6.07) is 5.96. The van der Waals surface area contributed by atoms with Crippen molar-refractivity contribution in [3.05, 3.63) is 36.4 Å². The monoisotopic (exact) mass is 235 g/mol. The van der Waals surface area contributed by atoms with Gasteiger partial charge in [-0.3, -0.25) is 0 Å². The third kappa shape index (κ3) is 4.11. The first-order valence-electron chi connectivity index (χ1n) is 5.96. The van der Waals surface area contributed by atoms with E-state index in [9.17, 15) is 0 Å². The van der Waals surface area contributed by atoms with Crippen LogP contribution in [0.1, 0.15) is 18.9 Å². The first-order valence-corrected chi connectivity index (χ1v) is 5.96. The van der Waals surface area contributed by atoms with Gasteiger partial charge in [0.05, 0.1) is 13.2 Å². The largest absolute Gasteiger partial charge is 0.490 e. The molecular weight excluding hydrogens is 214 g/mol. The predicted octanol–water partition coefficient (Wildman–Crippen LogP) is 2.76. The third-order valence-corrected chi connectivity index (χ3v) is 2.30. The van der Waals surface area contributed by atoms with Crippen LogP contribution in [0.4, 0.5) is 0 Å². The lowest BCUT2D eigenvalue weighted by Gasteiger charge is -2.15. The fraction of sp³-hybridized carbons (Fsp3) is 0.429. The molecule has 0 unspecified atom stereocenters. The number of ether oxygens (including phenoxy) is 2. The molecule has 1 rings (SSSR count). The minimum Gasteiger partial charge on any atom is -0.490 e. The van der Waals surface area contributed by atoms with Crippen LogP contribution in [0.15, 0.2) is 30.9 Å². The highest BCUT2D eigenvalue weighted by Crippen LogP contribution is 2.31. The maximum atomic E-state index is 5.78. The topological polar surface area (TPSA) is 30.5 Å². The SMILES string of the molecule is C=CCCOc1c(CNC)cccc1OCC. The Kier molecular flexibility index (Phi) is 6.18. The number of para-hydroxylation sites is 1. The summed E-state index contributed by atoms with van der Waals surface area (Å²) >= 11 is 0. The van der Waals surface area contributed by atoms with Crippen molar-refractivity contribution in [1.29, 1.82) is 0 Å². The van der Waals surface area contributed by atoms with Gasteiger partial charge in [-0.2, -0.15) is 0 Å². The lowest BCUT2D eigenvalue weighted by atomic mass is 10.2. The Hall–Kier alpha value is -1.48. The van der Waals surface area contributed by atoms with Crippen LogP contribution in [0.25, 0.3) is 0 Å². The molecule has 0 aliphatic carbocycles. The van der Waals surface area contributed by atoms with E-state index in [2.05, 4.69) is 11.9 Å². The van der Waals surface area contributed by atoms with Crippen LogP contribution in [-0.4, -0.2) is 20.3 Å². The van der Waals surface area contributed by atoms with E-state index in [-0.39, 0.29) is 0 Å². The lowest BCUT2D eigenvalue weighted by Crippen LogP contribution is -2.09. The van der Waals surface area contributed by atoms with Gasteiger partial charge in [0.2, 0.25) is 0 Å². The highest BCUT2D eigenvalue weighted by molar-refractivity contribution is 5.46. The molecule has 0 fully saturated rings. The van der Waals surface area contributed by atoms with E-state index in [1.54, 1.807) is 0 Å². The van der Waals surface area contributed by atoms with Crippen molar-refractivity contribution in [2.24, 2.45) is 0 Å². The number of benzene rings is 1. The molecule has 1 aromatic carbocycles. The zero-order valence-corrected chi connectivity index (χ0v) is 10.7. The lowest BCUT2D eigenvalue weighted by molar-refractivity contribution is 0.278. The molecule has 1 aromatic rings. The van der Waals surface area contributed by atoms with E-state index >= 15 is 0 Å². The molecule has 0 saturated carbocycles. The van der Waals surface area contributed by atoms with Gasteiger partial charge in [0.1, 0.15) is 0 Å². The third-order valence-electron chi connectivity index (χ3n) is 2.30. The van der Waals surface area contributed by atoms with Gasteiger partial charge in [0.15, 0.2) is 11.5 Å². The Morgan fingerprint density at radius 2 is 2.18 bits per heavy atom. The van der Waals surface area contributed by atoms with Gasteiger partial charge in [-0.05, 0) is 26.5 Å². The van der Waals surface area contributed by atoms with E-state index in [0.29, 0.717) is 13.2 Å². The number of hydrogen-bond acceptors (Lipinski definition) is 3. The molecule has 17 heavy (non-hydrogen) atoms. The first-order chi connectivity index (χ1) is 8.33. The predicted molar refractivity (Wildman–Crippen MR) is 70.7 cm³/mol. The van der Waals surface area contributed by atoms with Crippen LogP contribution in [0.2, 0.25) is 0 Å². The van der Waals surface area contributed by atoms with Crippen molar-refractivity contribution in [2.75, 3.05) is 20.3 Å². The van der Waals surface area contributed by atoms with Crippen molar-refractivity contribution in [1.82, 2.24) is 5.32 Å². The van der Waals surface area contributed by atoms with E-state index in [0.717, 1.165) is 30.0 Å². The van der Waals surface area contributed by atoms with Crippen LogP contribution < -0.4 is 14.8 Å². The van der Waals surface area contributed by atoms with Crippen molar-refractivity contribution >= 4 is 0 Å². The van der Waals surface area contributed by atoms with E-state index in [1.807, 2.05) is 38.2 Å². The molecule has 0 radical (unpaired) electrons. The maximum Gasteiger partial charge on any atom is 0.165 e. The Morgan fingerprint density at radius 3 is 2.82 bits per heavy atom. The van der Waals surface area contributed by atoms with E-state index < -0.39 is 0 Å². The van der Waals surface area contributed by atoms with E-state index in [1.165, 1.54) is 0 Å². The number of nitrogens with one attached hydrogen (secondary N) is 1. The van der Waals surface area contributed by atoms with Crippen molar-refractivity contribution in [2.45, 2.75) is 19.9 Å². The molecule has 0 heterocycles. The van der Waals surface area contributed by atoms with Gasteiger partial charge in [0, 0.05) is 12.1 Å². The highest BCUT2D eigenvalue weighted by Gasteiger charge is 2.09. The highest BCUT2D eigenvalue weighted by atomic mass is 16.5. The molecule has 0 aliphatic rings. The average molecular weight is 235 g/mol. The second-order valence-corrected chi connectivity index (χ2v) is 3.63. The summed E-state index contributed by atoms with van der Waals surface area (Å²) < 4.78 is 11.4. The normalized spacial score (nSPS) is 10.0. The van der Waals surface area contributed by atoms with Crippen LogP contribution in [0, 0.1) is 0 Å². The number of hydrogen-bond donors (Lipinski definition) is 1. The zero-order valence-electron chi connectivity index (χ0n) is 10.7. The van der Waals surface area contributed by atoms with Crippen LogP contribution in [0.5, 0.6) is 11.5 Å². The van der Waals surface area contributed by atoms with Gasteiger partial charge < -0.3 is 14.8 Å². The Labute approximate surface area is 103 Å². The Bertz CT molecular complexity index is 326. The summed E-state index contributed by atoms with van der Waals surface area (Å²) in [5.74, 6) is 1.65. The average Bonchev–Trinajstić information content (AvgIpc) is 2.33. The van der Waals surface area contributed by atoms with Gasteiger partial charge in [-0.15, -0.1) is 6.58 Å². The minimum atomic E-state index is 0.629. The molecule has 94 valence electrons. The standard InChI is InChI=1S/C14H21NO2/c1-4-6-10-17-14-12(11-15-3)8-7-9-13(14)16-5-2/h4,7-9,15H,1,5-6,10-11H2,2-3H3. The molecule has 0 bridgehead atoms. The quantitative estimate of drug-likeness (QED) is 0.555. The fourth-order valence-electron chi connectivity index (χ4n) is 1.57. The summed E-state index contributed by atoms with van der Waals surface area (Å²) in [6.07, 6.45) is 2.68. The molecule has 0 aromatic heterocycles. The minimum absolute atomic E-state index is 0.629. The molecule has 3 heteroatoms. The molecule has 0 saturated heterocycles. The van der Waals surface area contributed by atoms with E-state index in [4.69, 9.17) is 9.47 Å². The summed E-state index contributed by atoms with van der Waals surface area (Å²) in [5, 5.41) is 3.13. The Morgan fingerprint density at radius 1 is 1.35 bits per heavy atom. The molecule has 0 atom stereocenters. The van der Waals surface area contributed by atoms with Gasteiger partial charge in [0.25, 0.3) is 0 Å². The van der Waals surface area contributed by atoms with Crippen LogP contribution >= 0.6 is 0 Å². The summed E-state index contributed by atoms with van der Waals surface area (Å²) in [5.41, 5.74) is 1.11. The Balaban J connectivity index is 2.87. The summed E-state index contributed by atoms with van der Waals surface area (Å²) in [7, 11) is 1.92. The fourth-order valence-corrected chi connectivity index (χ4v) is 1.57. The summed E-state index contributed by atoms with van der Waals surface area (Å²) in [6.45, 7) is 7.69. The van der Waals surface area contributed by atoms with Crippen LogP contribution in [0.3, 0.4) is 0 Å². The smallest absolute Gasteiger partial charge is 0.165 e. The first kappa shape index (κ1) is 13.6. The second-order valence-electron chi connectivity index (χ2n) is 3.63.